The highest BCUT2D eigenvalue weighted by atomic mass is 19.1. The van der Waals surface area contributed by atoms with Crippen LogP contribution in [0, 0.1) is 12.7 Å². The van der Waals surface area contributed by atoms with Crippen LogP contribution in [-0.2, 0) is 0 Å². The molecule has 1 spiro atoms. The van der Waals surface area contributed by atoms with Crippen molar-refractivity contribution in [1.29, 1.82) is 0 Å². The van der Waals surface area contributed by atoms with E-state index < -0.39 is 0 Å². The van der Waals surface area contributed by atoms with Gasteiger partial charge in [-0.25, -0.2) is 4.39 Å². The van der Waals surface area contributed by atoms with Gasteiger partial charge in [-0.15, -0.1) is 0 Å². The monoisotopic (exact) mass is 248 g/mol. The molecule has 1 fully saturated rings. The molecule has 1 aromatic carbocycles. The fourth-order valence-electron chi connectivity index (χ4n) is 3.23. The maximum Gasteiger partial charge on any atom is 0.128 e. The molecule has 0 atom stereocenters. The van der Waals surface area contributed by atoms with E-state index in [-0.39, 0.29) is 11.4 Å². The molecule has 1 aliphatic heterocycles. The Balaban J connectivity index is 1.89. The summed E-state index contributed by atoms with van der Waals surface area (Å²) in [6.45, 7) is 2.74. The predicted octanol–water partition coefficient (Wildman–Crippen LogP) is 4.06. The molecule has 1 aliphatic carbocycles. The van der Waals surface area contributed by atoms with Crippen molar-refractivity contribution in [2.75, 3.05) is 17.2 Å². The quantitative estimate of drug-likeness (QED) is 0.723. The Kier molecular flexibility index (Phi) is 2.92. The van der Waals surface area contributed by atoms with Crippen LogP contribution in [0.3, 0.4) is 0 Å². The highest BCUT2D eigenvalue weighted by molar-refractivity contribution is 5.73. The van der Waals surface area contributed by atoms with Crippen LogP contribution in [0.15, 0.2) is 12.1 Å². The van der Waals surface area contributed by atoms with Gasteiger partial charge in [0.1, 0.15) is 5.82 Å². The van der Waals surface area contributed by atoms with E-state index in [4.69, 9.17) is 0 Å². The molecule has 2 nitrogen and oxygen atoms in total. The molecule has 1 saturated carbocycles. The summed E-state index contributed by atoms with van der Waals surface area (Å²) in [6, 6.07) is 3.55. The van der Waals surface area contributed by atoms with Crippen LogP contribution in [0.5, 0.6) is 0 Å². The molecule has 0 aromatic heterocycles. The molecule has 3 rings (SSSR count). The van der Waals surface area contributed by atoms with Crippen LogP contribution in [0.25, 0.3) is 0 Å². The zero-order chi connectivity index (χ0) is 12.6. The van der Waals surface area contributed by atoms with Gasteiger partial charge in [-0.3, -0.25) is 0 Å². The van der Waals surface area contributed by atoms with Gasteiger partial charge in [0.05, 0.1) is 16.9 Å². The zero-order valence-electron chi connectivity index (χ0n) is 11.0. The first kappa shape index (κ1) is 11.8. The van der Waals surface area contributed by atoms with Crippen molar-refractivity contribution in [3.63, 3.8) is 0 Å². The lowest BCUT2D eigenvalue weighted by Gasteiger charge is -2.40. The number of anilines is 2. The van der Waals surface area contributed by atoms with Crippen molar-refractivity contribution in [2.24, 2.45) is 0 Å². The zero-order valence-corrected chi connectivity index (χ0v) is 11.0. The molecule has 0 saturated heterocycles. The second kappa shape index (κ2) is 4.45. The molecule has 0 amide bonds. The number of rotatable bonds is 0. The van der Waals surface area contributed by atoms with Gasteiger partial charge in [0.25, 0.3) is 0 Å². The van der Waals surface area contributed by atoms with Gasteiger partial charge in [0.15, 0.2) is 0 Å². The van der Waals surface area contributed by atoms with Crippen molar-refractivity contribution >= 4 is 11.4 Å². The lowest BCUT2D eigenvalue weighted by atomic mass is 9.87. The highest BCUT2D eigenvalue weighted by Crippen LogP contribution is 2.38. The standard InChI is InChI=1S/C15H21FN2/c1-11-8-14-13(9-12(11)16)17-10-15(18-14)6-4-2-3-5-7-15/h8-9,17-18H,2-7,10H2,1H3. The van der Waals surface area contributed by atoms with E-state index in [2.05, 4.69) is 10.6 Å². The minimum absolute atomic E-state index is 0.125. The Morgan fingerprint density at radius 3 is 2.50 bits per heavy atom. The summed E-state index contributed by atoms with van der Waals surface area (Å²) >= 11 is 0. The van der Waals surface area contributed by atoms with Gasteiger partial charge in [-0.2, -0.15) is 0 Å². The molecule has 0 unspecified atom stereocenters. The van der Waals surface area contributed by atoms with Gasteiger partial charge in [0, 0.05) is 6.54 Å². The maximum atomic E-state index is 13.5. The minimum Gasteiger partial charge on any atom is -0.381 e. The topological polar surface area (TPSA) is 24.1 Å². The normalized spacial score (nSPS) is 21.7. The summed E-state index contributed by atoms with van der Waals surface area (Å²) in [5.74, 6) is -0.125. The van der Waals surface area contributed by atoms with Gasteiger partial charge in [-0.1, -0.05) is 25.7 Å². The largest absolute Gasteiger partial charge is 0.381 e. The molecule has 2 aliphatic rings. The number of benzene rings is 1. The van der Waals surface area contributed by atoms with E-state index in [1.54, 1.807) is 6.07 Å². The number of halogens is 1. The SMILES string of the molecule is Cc1cc2c(cc1F)NCC1(CCCCCC1)N2. The number of aryl methyl sites for hydroxylation is 1. The number of fused-ring (bicyclic) bond motifs is 1. The Morgan fingerprint density at radius 1 is 1.06 bits per heavy atom. The third-order valence-corrected chi connectivity index (χ3v) is 4.38. The third kappa shape index (κ3) is 2.06. The van der Waals surface area contributed by atoms with E-state index >= 15 is 0 Å². The van der Waals surface area contributed by atoms with E-state index in [1.165, 1.54) is 38.5 Å². The van der Waals surface area contributed by atoms with Gasteiger partial charge in [0.2, 0.25) is 0 Å². The fraction of sp³-hybridized carbons (Fsp3) is 0.600. The average molecular weight is 248 g/mol. The molecule has 18 heavy (non-hydrogen) atoms. The molecular formula is C15H21FN2. The fourth-order valence-corrected chi connectivity index (χ4v) is 3.23. The maximum absolute atomic E-state index is 13.5. The van der Waals surface area contributed by atoms with Crippen LogP contribution < -0.4 is 10.6 Å². The van der Waals surface area contributed by atoms with Gasteiger partial charge < -0.3 is 10.6 Å². The van der Waals surface area contributed by atoms with Crippen LogP contribution in [0.2, 0.25) is 0 Å². The molecule has 1 heterocycles. The second-order valence-electron chi connectivity index (χ2n) is 5.82. The first-order valence-electron chi connectivity index (χ1n) is 7.01. The Labute approximate surface area is 108 Å². The van der Waals surface area contributed by atoms with Crippen LogP contribution in [-0.4, -0.2) is 12.1 Å². The lowest BCUT2D eigenvalue weighted by Crippen LogP contribution is -2.47. The molecule has 98 valence electrons. The minimum atomic E-state index is -0.125. The summed E-state index contributed by atoms with van der Waals surface area (Å²) in [7, 11) is 0. The lowest BCUT2D eigenvalue weighted by molar-refractivity contribution is 0.422. The van der Waals surface area contributed by atoms with Crippen LogP contribution >= 0.6 is 0 Å². The predicted molar refractivity (Wildman–Crippen MR) is 73.7 cm³/mol. The summed E-state index contributed by atoms with van der Waals surface area (Å²) < 4.78 is 13.5. The number of hydrogen-bond acceptors (Lipinski definition) is 2. The van der Waals surface area contributed by atoms with Crippen molar-refractivity contribution < 1.29 is 4.39 Å². The van der Waals surface area contributed by atoms with Crippen molar-refractivity contribution in [3.05, 3.63) is 23.5 Å². The molecule has 1 aromatic rings. The van der Waals surface area contributed by atoms with Crippen LogP contribution in [0.1, 0.15) is 44.1 Å². The highest BCUT2D eigenvalue weighted by Gasteiger charge is 2.34. The summed E-state index contributed by atoms with van der Waals surface area (Å²) in [6.07, 6.45) is 7.72. The Morgan fingerprint density at radius 2 is 1.78 bits per heavy atom. The van der Waals surface area contributed by atoms with E-state index in [1.807, 2.05) is 13.0 Å². The summed E-state index contributed by atoms with van der Waals surface area (Å²) in [4.78, 5) is 0. The van der Waals surface area contributed by atoms with E-state index in [9.17, 15) is 4.39 Å². The average Bonchev–Trinajstić information content (AvgIpc) is 2.57. The smallest absolute Gasteiger partial charge is 0.128 e. The Bertz CT molecular complexity index is 448. The Hall–Kier alpha value is -1.25. The van der Waals surface area contributed by atoms with Crippen molar-refractivity contribution in [2.45, 2.75) is 51.0 Å². The number of nitrogens with one attached hydrogen (secondary N) is 2. The first-order chi connectivity index (χ1) is 8.69. The van der Waals surface area contributed by atoms with Crippen molar-refractivity contribution in [1.82, 2.24) is 0 Å². The summed E-state index contributed by atoms with van der Waals surface area (Å²) in [5.41, 5.74) is 2.89. The molecule has 2 N–H and O–H groups in total. The first-order valence-corrected chi connectivity index (χ1v) is 7.01. The number of hydrogen-bond donors (Lipinski definition) is 2. The van der Waals surface area contributed by atoms with E-state index in [0.29, 0.717) is 5.56 Å². The van der Waals surface area contributed by atoms with Gasteiger partial charge in [-0.05, 0) is 37.5 Å². The van der Waals surface area contributed by atoms with Crippen molar-refractivity contribution in [3.8, 4) is 0 Å². The summed E-state index contributed by atoms with van der Waals surface area (Å²) in [5, 5.41) is 7.11. The third-order valence-electron chi connectivity index (χ3n) is 4.38. The van der Waals surface area contributed by atoms with Crippen LogP contribution in [0.4, 0.5) is 15.8 Å². The van der Waals surface area contributed by atoms with E-state index in [0.717, 1.165) is 17.9 Å². The molecular weight excluding hydrogens is 227 g/mol. The molecule has 3 heteroatoms. The van der Waals surface area contributed by atoms with Gasteiger partial charge >= 0.3 is 0 Å². The molecule has 0 radical (unpaired) electrons. The second-order valence-corrected chi connectivity index (χ2v) is 5.82. The molecule has 0 bridgehead atoms.